The fraction of sp³-hybridized carbons (Fsp3) is 0.303. The molecule has 7 atom stereocenters. The predicted octanol–water partition coefficient (Wildman–Crippen LogP) is 6.66. The molecule has 6 nitrogen and oxygen atoms in total. The van der Waals surface area contributed by atoms with Gasteiger partial charge >= 0.3 is 4.87 Å². The minimum atomic E-state index is -0.314. The lowest BCUT2D eigenvalue weighted by molar-refractivity contribution is -0.123. The molecule has 4 aromatic rings. The van der Waals surface area contributed by atoms with Crippen molar-refractivity contribution in [1.82, 2.24) is 4.98 Å². The van der Waals surface area contributed by atoms with Crippen LogP contribution in [0.15, 0.2) is 82.6 Å². The van der Waals surface area contributed by atoms with Crippen molar-refractivity contribution in [3.63, 3.8) is 0 Å². The number of hydrogen-bond donors (Lipinski definition) is 1. The molecule has 4 aliphatic rings. The van der Waals surface area contributed by atoms with E-state index in [4.69, 9.17) is 16.3 Å². The van der Waals surface area contributed by atoms with E-state index in [0.29, 0.717) is 17.3 Å². The van der Waals surface area contributed by atoms with E-state index in [1.807, 2.05) is 67.6 Å². The molecular weight excluding hydrogens is 588 g/mol. The topological polar surface area (TPSA) is 79.5 Å². The molecule has 2 bridgehead atoms. The number of halogens is 1. The number of ether oxygens (including phenoxy) is 1. The van der Waals surface area contributed by atoms with E-state index < -0.39 is 0 Å². The molecule has 3 fully saturated rings. The molecular formula is C33H27ClN2O4S2. The number of carbonyl (C=O) groups excluding carboxylic acids is 2. The van der Waals surface area contributed by atoms with Gasteiger partial charge in [0.15, 0.2) is 0 Å². The normalized spacial score (nSPS) is 29.0. The maximum Gasteiger partial charge on any atom is 0.305 e. The Bertz CT molecular complexity index is 1780. The number of amides is 2. The highest BCUT2D eigenvalue weighted by Crippen LogP contribution is 2.68. The Hall–Kier alpha value is -3.33. The van der Waals surface area contributed by atoms with Crippen molar-refractivity contribution in [2.24, 2.45) is 29.6 Å². The number of anilines is 1. The van der Waals surface area contributed by atoms with Crippen LogP contribution in [-0.2, 0) is 16.2 Å². The van der Waals surface area contributed by atoms with E-state index in [1.54, 1.807) is 11.8 Å². The summed E-state index contributed by atoms with van der Waals surface area (Å²) in [5.41, 5.74) is 3.85. The fourth-order valence-corrected chi connectivity index (χ4v) is 11.0. The van der Waals surface area contributed by atoms with Gasteiger partial charge in [0.2, 0.25) is 11.8 Å². The summed E-state index contributed by atoms with van der Waals surface area (Å²) in [5.74, 6) is 0.320. The number of carbonyl (C=O) groups is 2. The number of aromatic nitrogens is 1. The zero-order chi connectivity index (χ0) is 28.7. The number of fused-ring (bicyclic) bond motifs is 9. The highest BCUT2D eigenvalue weighted by molar-refractivity contribution is 8.00. The van der Waals surface area contributed by atoms with Crippen LogP contribution in [0, 0.1) is 36.5 Å². The Balaban J connectivity index is 1.11. The molecule has 1 N–H and O–H groups in total. The number of benzene rings is 3. The van der Waals surface area contributed by atoms with Crippen LogP contribution in [0.4, 0.5) is 5.69 Å². The number of thiazole rings is 1. The quantitative estimate of drug-likeness (QED) is 0.255. The van der Waals surface area contributed by atoms with E-state index in [9.17, 15) is 14.4 Å². The average molecular weight is 615 g/mol. The number of hydrogen-bond acceptors (Lipinski definition) is 6. The highest BCUT2D eigenvalue weighted by atomic mass is 35.5. The molecule has 1 saturated heterocycles. The summed E-state index contributed by atoms with van der Waals surface area (Å²) in [7, 11) is 0. The zero-order valence-electron chi connectivity index (χ0n) is 22.7. The molecule has 42 heavy (non-hydrogen) atoms. The summed E-state index contributed by atoms with van der Waals surface area (Å²) in [6.07, 6.45) is 0.868. The van der Waals surface area contributed by atoms with Gasteiger partial charge in [0.1, 0.15) is 12.4 Å². The van der Waals surface area contributed by atoms with E-state index >= 15 is 0 Å². The summed E-state index contributed by atoms with van der Waals surface area (Å²) < 4.78 is 6.04. The van der Waals surface area contributed by atoms with Gasteiger partial charge < -0.3 is 9.72 Å². The summed E-state index contributed by atoms with van der Waals surface area (Å²) >= 11 is 9.10. The molecule has 3 heterocycles. The first-order valence-corrected chi connectivity index (χ1v) is 16.3. The lowest BCUT2D eigenvalue weighted by Gasteiger charge is -2.43. The molecule has 2 amide bonds. The minimum absolute atomic E-state index is 0.0237. The lowest BCUT2D eigenvalue weighted by atomic mass is 9.68. The number of H-pyrrole nitrogens is 1. The first kappa shape index (κ1) is 26.3. The summed E-state index contributed by atoms with van der Waals surface area (Å²) in [5, 5.41) is 1.75. The third-order valence-corrected chi connectivity index (χ3v) is 12.4. The zero-order valence-corrected chi connectivity index (χ0v) is 25.0. The van der Waals surface area contributed by atoms with Gasteiger partial charge in [-0.3, -0.25) is 19.3 Å². The van der Waals surface area contributed by atoms with E-state index in [1.165, 1.54) is 16.2 Å². The van der Waals surface area contributed by atoms with Gasteiger partial charge in [-0.1, -0.05) is 64.9 Å². The van der Waals surface area contributed by atoms with Crippen LogP contribution in [0.25, 0.3) is 0 Å². The van der Waals surface area contributed by atoms with Crippen molar-refractivity contribution in [2.75, 3.05) is 4.90 Å². The first-order chi connectivity index (χ1) is 20.4. The molecule has 3 aromatic carbocycles. The monoisotopic (exact) mass is 614 g/mol. The number of nitrogens with one attached hydrogen (secondary N) is 1. The second-order valence-corrected chi connectivity index (χ2v) is 14.4. The van der Waals surface area contributed by atoms with Gasteiger partial charge in [-0.25, -0.2) is 0 Å². The SMILES string of the molecule is Cc1ccc(N2C(=O)C3C4CC(C3C2=O)C2C4Sc3[nH]c(=O)sc3[C@@H]2c2ccc(OCc3cccc(Cl)c3)cc2)cc1. The highest BCUT2D eigenvalue weighted by Gasteiger charge is 2.69. The van der Waals surface area contributed by atoms with Crippen LogP contribution in [-0.4, -0.2) is 22.0 Å². The van der Waals surface area contributed by atoms with Crippen molar-refractivity contribution in [2.45, 2.75) is 36.1 Å². The number of aryl methyl sites for hydroxylation is 1. The van der Waals surface area contributed by atoms with E-state index in [2.05, 4.69) is 17.1 Å². The van der Waals surface area contributed by atoms with Crippen molar-refractivity contribution < 1.29 is 14.3 Å². The smallest absolute Gasteiger partial charge is 0.305 e. The second kappa shape index (κ2) is 9.86. The third kappa shape index (κ3) is 4.02. The molecule has 0 spiro atoms. The van der Waals surface area contributed by atoms with Crippen LogP contribution in [0.5, 0.6) is 5.75 Å². The minimum Gasteiger partial charge on any atom is -0.489 e. The number of rotatable bonds is 5. The maximum atomic E-state index is 13.9. The molecule has 9 heteroatoms. The van der Waals surface area contributed by atoms with E-state index in [-0.39, 0.29) is 57.4 Å². The molecule has 6 unspecified atom stereocenters. The van der Waals surface area contributed by atoms with Gasteiger partial charge in [0.05, 0.1) is 22.5 Å². The molecule has 2 aliphatic carbocycles. The molecule has 2 aliphatic heterocycles. The summed E-state index contributed by atoms with van der Waals surface area (Å²) in [6.45, 7) is 2.41. The van der Waals surface area contributed by atoms with Crippen molar-refractivity contribution in [3.8, 4) is 5.75 Å². The van der Waals surface area contributed by atoms with E-state index in [0.717, 1.165) is 38.8 Å². The Morgan fingerprint density at radius 1 is 0.952 bits per heavy atom. The Labute approximate surface area is 256 Å². The maximum absolute atomic E-state index is 13.9. The Morgan fingerprint density at radius 2 is 1.69 bits per heavy atom. The first-order valence-electron chi connectivity index (χ1n) is 14.2. The van der Waals surface area contributed by atoms with Crippen molar-refractivity contribution in [3.05, 3.63) is 109 Å². The van der Waals surface area contributed by atoms with Crippen molar-refractivity contribution >= 4 is 52.2 Å². The standard InChI is InChI=1S/C33H27ClN2O4S2/c1-16-5-9-20(10-6-16)36-31(37)26-22-14-23(27(26)32(36)38)28-25(22)24(29-30(41-28)35-33(39)42-29)18-7-11-21(12-8-18)40-15-17-3-2-4-19(34)13-17/h2-13,22-28H,14-15H2,1H3,(H,35,39)/t22?,23?,24-,25?,26?,27?,28?/m1/s1. The van der Waals surface area contributed by atoms with Gasteiger partial charge in [-0.05, 0) is 78.6 Å². The number of nitrogens with zero attached hydrogens (tertiary/aromatic N) is 1. The number of aromatic amines is 1. The Morgan fingerprint density at radius 3 is 2.43 bits per heavy atom. The fourth-order valence-electron chi connectivity index (χ4n) is 7.90. The number of imide groups is 1. The van der Waals surface area contributed by atoms with Gasteiger partial charge in [0, 0.05) is 21.1 Å². The summed E-state index contributed by atoms with van der Waals surface area (Å²) in [4.78, 5) is 45.7. The molecule has 2 saturated carbocycles. The Kier molecular flexibility index (Phi) is 6.18. The molecule has 0 radical (unpaired) electrons. The van der Waals surface area contributed by atoms with Crippen LogP contribution >= 0.6 is 34.7 Å². The van der Waals surface area contributed by atoms with Crippen LogP contribution in [0.1, 0.15) is 33.9 Å². The second-order valence-electron chi connectivity index (χ2n) is 11.8. The molecule has 212 valence electrons. The van der Waals surface area contributed by atoms with Crippen LogP contribution in [0.2, 0.25) is 5.02 Å². The summed E-state index contributed by atoms with van der Waals surface area (Å²) in [6, 6.07) is 23.4. The third-order valence-electron chi connectivity index (χ3n) is 9.55. The number of thioether (sulfide) groups is 1. The largest absolute Gasteiger partial charge is 0.489 e. The van der Waals surface area contributed by atoms with Crippen LogP contribution in [0.3, 0.4) is 0 Å². The molecule has 8 rings (SSSR count). The van der Waals surface area contributed by atoms with Crippen LogP contribution < -0.4 is 14.5 Å². The van der Waals surface area contributed by atoms with Gasteiger partial charge in [-0.15, -0.1) is 11.8 Å². The van der Waals surface area contributed by atoms with Gasteiger partial charge in [0.25, 0.3) is 0 Å². The van der Waals surface area contributed by atoms with Gasteiger partial charge in [-0.2, -0.15) is 0 Å². The lowest BCUT2D eigenvalue weighted by Crippen LogP contribution is -2.42. The predicted molar refractivity (Wildman–Crippen MR) is 164 cm³/mol. The molecule has 1 aromatic heterocycles. The van der Waals surface area contributed by atoms with Crippen molar-refractivity contribution in [1.29, 1.82) is 0 Å². The average Bonchev–Trinajstić information content (AvgIpc) is 3.72.